The van der Waals surface area contributed by atoms with E-state index < -0.39 is 0 Å². The zero-order valence-electron chi connectivity index (χ0n) is 16.2. The van der Waals surface area contributed by atoms with Gasteiger partial charge in [0.2, 0.25) is 0 Å². The summed E-state index contributed by atoms with van der Waals surface area (Å²) in [5.41, 5.74) is 3.86. The number of hydrogen-bond acceptors (Lipinski definition) is 4. The van der Waals surface area contributed by atoms with E-state index in [2.05, 4.69) is 26.8 Å². The molecule has 3 heterocycles. The quantitative estimate of drug-likeness (QED) is 0.529. The molecular formula is C22H22ClN5O. The van der Waals surface area contributed by atoms with E-state index in [1.807, 2.05) is 36.4 Å². The van der Waals surface area contributed by atoms with Gasteiger partial charge in [-0.2, -0.15) is 0 Å². The highest BCUT2D eigenvalue weighted by molar-refractivity contribution is 6.31. The van der Waals surface area contributed by atoms with E-state index >= 15 is 0 Å². The number of anilines is 1. The van der Waals surface area contributed by atoms with E-state index in [1.165, 1.54) is 0 Å². The molecule has 2 aromatic carbocycles. The van der Waals surface area contributed by atoms with Crippen LogP contribution in [-0.2, 0) is 0 Å². The Bertz CT molecular complexity index is 1230. The largest absolute Gasteiger partial charge is 0.369 e. The molecule has 0 spiro atoms. The van der Waals surface area contributed by atoms with Crippen LogP contribution in [0.4, 0.5) is 5.69 Å². The minimum atomic E-state index is -0.147. The lowest BCUT2D eigenvalue weighted by Crippen LogP contribution is -2.31. The summed E-state index contributed by atoms with van der Waals surface area (Å²) >= 11 is 6.35. The second-order valence-corrected chi connectivity index (χ2v) is 8.05. The number of imidazole rings is 1. The van der Waals surface area contributed by atoms with Crippen molar-refractivity contribution in [1.29, 1.82) is 0 Å². The second kappa shape index (κ2) is 7.21. The van der Waals surface area contributed by atoms with Gasteiger partial charge < -0.3 is 19.8 Å². The Morgan fingerprint density at radius 2 is 1.86 bits per heavy atom. The number of likely N-dealkylation sites (N-methyl/N-ethyl adjacent to an activating group) is 1. The Morgan fingerprint density at radius 3 is 2.72 bits per heavy atom. The molecule has 0 radical (unpaired) electrons. The molecule has 0 saturated carbocycles. The SMILES string of the molecule is CN1CCCN(c2c(-c3nc4ccccc4[nH]3)c(=O)[nH]c3ccc(Cl)cc23)CC1. The van der Waals surface area contributed by atoms with E-state index in [-0.39, 0.29) is 5.56 Å². The lowest BCUT2D eigenvalue weighted by Gasteiger charge is -2.26. The predicted octanol–water partition coefficient (Wildman–Crippen LogP) is 3.87. The van der Waals surface area contributed by atoms with Crippen LogP contribution < -0.4 is 10.5 Å². The number of nitrogens with zero attached hydrogens (tertiary/aromatic N) is 3. The first-order valence-corrected chi connectivity index (χ1v) is 10.2. The molecule has 0 amide bonds. The molecule has 1 fully saturated rings. The van der Waals surface area contributed by atoms with Gasteiger partial charge in [-0.1, -0.05) is 23.7 Å². The zero-order valence-corrected chi connectivity index (χ0v) is 17.0. The van der Waals surface area contributed by atoms with Gasteiger partial charge in [0.15, 0.2) is 0 Å². The van der Waals surface area contributed by atoms with Crippen molar-refractivity contribution in [2.24, 2.45) is 0 Å². The molecule has 1 aliphatic heterocycles. The van der Waals surface area contributed by atoms with Gasteiger partial charge in [0.05, 0.1) is 22.2 Å². The summed E-state index contributed by atoms with van der Waals surface area (Å²) < 4.78 is 0. The Kier molecular flexibility index (Phi) is 4.53. The normalized spacial score (nSPS) is 15.9. The third-order valence-electron chi connectivity index (χ3n) is 5.61. The molecule has 0 atom stereocenters. The van der Waals surface area contributed by atoms with Gasteiger partial charge in [-0.3, -0.25) is 4.79 Å². The molecule has 0 unspecified atom stereocenters. The van der Waals surface area contributed by atoms with Crippen molar-refractivity contribution in [2.75, 3.05) is 38.1 Å². The predicted molar refractivity (Wildman–Crippen MR) is 119 cm³/mol. The second-order valence-electron chi connectivity index (χ2n) is 7.61. The first-order valence-electron chi connectivity index (χ1n) is 9.84. The number of fused-ring (bicyclic) bond motifs is 2. The molecule has 0 bridgehead atoms. The van der Waals surface area contributed by atoms with Crippen LogP contribution in [0.2, 0.25) is 5.02 Å². The van der Waals surface area contributed by atoms with E-state index in [1.54, 1.807) is 6.07 Å². The highest BCUT2D eigenvalue weighted by Crippen LogP contribution is 2.35. The Balaban J connectivity index is 1.80. The molecule has 4 aromatic rings. The lowest BCUT2D eigenvalue weighted by molar-refractivity contribution is 0.360. The zero-order chi connectivity index (χ0) is 20.0. The van der Waals surface area contributed by atoms with Crippen LogP contribution in [0.25, 0.3) is 33.3 Å². The fourth-order valence-corrected chi connectivity index (χ4v) is 4.31. The van der Waals surface area contributed by atoms with E-state index in [9.17, 15) is 4.79 Å². The number of halogens is 1. The summed E-state index contributed by atoms with van der Waals surface area (Å²) in [6.07, 6.45) is 1.03. The van der Waals surface area contributed by atoms with Crippen LogP contribution in [-0.4, -0.2) is 53.1 Å². The van der Waals surface area contributed by atoms with Crippen LogP contribution >= 0.6 is 11.6 Å². The molecule has 7 heteroatoms. The Morgan fingerprint density at radius 1 is 1.00 bits per heavy atom. The Hall–Kier alpha value is -2.83. The third-order valence-corrected chi connectivity index (χ3v) is 5.85. The van der Waals surface area contributed by atoms with E-state index in [4.69, 9.17) is 16.6 Å². The molecule has 2 N–H and O–H groups in total. The summed E-state index contributed by atoms with van der Waals surface area (Å²) in [7, 11) is 2.14. The first-order chi connectivity index (χ1) is 14.1. The van der Waals surface area contributed by atoms with Crippen molar-refractivity contribution in [2.45, 2.75) is 6.42 Å². The molecule has 5 rings (SSSR count). The number of para-hydroxylation sites is 2. The van der Waals surface area contributed by atoms with Crippen LogP contribution in [0.5, 0.6) is 0 Å². The Labute approximate surface area is 173 Å². The number of rotatable bonds is 2. The summed E-state index contributed by atoms with van der Waals surface area (Å²) in [6, 6.07) is 13.4. The minimum Gasteiger partial charge on any atom is -0.369 e. The van der Waals surface area contributed by atoms with Crippen molar-refractivity contribution >= 4 is 39.2 Å². The van der Waals surface area contributed by atoms with Crippen molar-refractivity contribution in [3.05, 3.63) is 57.8 Å². The summed E-state index contributed by atoms with van der Waals surface area (Å²) in [6.45, 7) is 3.70. The number of nitrogens with one attached hydrogen (secondary N) is 2. The summed E-state index contributed by atoms with van der Waals surface area (Å²) in [4.78, 5) is 28.9. The maximum atomic E-state index is 13.2. The minimum absolute atomic E-state index is 0.147. The molecule has 29 heavy (non-hydrogen) atoms. The van der Waals surface area contributed by atoms with Gasteiger partial charge in [0.25, 0.3) is 5.56 Å². The van der Waals surface area contributed by atoms with Gasteiger partial charge in [-0.15, -0.1) is 0 Å². The summed E-state index contributed by atoms with van der Waals surface area (Å²) in [5.74, 6) is 0.585. The topological polar surface area (TPSA) is 68.0 Å². The van der Waals surface area contributed by atoms with Gasteiger partial charge in [0, 0.05) is 30.0 Å². The van der Waals surface area contributed by atoms with Crippen LogP contribution in [0.15, 0.2) is 47.3 Å². The monoisotopic (exact) mass is 407 g/mol. The van der Waals surface area contributed by atoms with Crippen LogP contribution in [0.3, 0.4) is 0 Å². The molecule has 1 aliphatic rings. The van der Waals surface area contributed by atoms with E-state index in [0.29, 0.717) is 16.4 Å². The average molecular weight is 408 g/mol. The van der Waals surface area contributed by atoms with E-state index in [0.717, 1.165) is 60.2 Å². The fourth-order valence-electron chi connectivity index (χ4n) is 4.14. The molecule has 148 valence electrons. The van der Waals surface area contributed by atoms with Crippen molar-refractivity contribution in [3.8, 4) is 11.4 Å². The average Bonchev–Trinajstić information content (AvgIpc) is 3.02. The number of aromatic nitrogens is 3. The molecule has 6 nitrogen and oxygen atoms in total. The van der Waals surface area contributed by atoms with Crippen molar-refractivity contribution in [3.63, 3.8) is 0 Å². The first kappa shape index (κ1) is 18.2. The molecule has 0 aliphatic carbocycles. The smallest absolute Gasteiger partial charge is 0.261 e. The molecular weight excluding hydrogens is 386 g/mol. The third kappa shape index (κ3) is 3.28. The van der Waals surface area contributed by atoms with Gasteiger partial charge in [-0.05, 0) is 50.3 Å². The number of hydrogen-bond donors (Lipinski definition) is 2. The molecule has 2 aromatic heterocycles. The number of aromatic amines is 2. The van der Waals surface area contributed by atoms with Crippen LogP contribution in [0, 0.1) is 0 Å². The highest BCUT2D eigenvalue weighted by atomic mass is 35.5. The van der Waals surface area contributed by atoms with Crippen molar-refractivity contribution in [1.82, 2.24) is 19.9 Å². The number of pyridine rings is 1. The van der Waals surface area contributed by atoms with Crippen molar-refractivity contribution < 1.29 is 0 Å². The van der Waals surface area contributed by atoms with Gasteiger partial charge >= 0.3 is 0 Å². The van der Waals surface area contributed by atoms with Crippen LogP contribution in [0.1, 0.15) is 6.42 Å². The maximum absolute atomic E-state index is 13.2. The lowest BCUT2D eigenvalue weighted by atomic mass is 10.1. The molecule has 1 saturated heterocycles. The number of benzene rings is 2. The van der Waals surface area contributed by atoms with Gasteiger partial charge in [0.1, 0.15) is 11.4 Å². The number of H-pyrrole nitrogens is 2. The fraction of sp³-hybridized carbons (Fsp3) is 0.273. The maximum Gasteiger partial charge on any atom is 0.261 e. The standard InChI is InChI=1S/C22H22ClN5O/c1-27-9-4-10-28(12-11-27)20-15-13-14(23)7-8-16(15)26-22(29)19(20)21-24-17-5-2-3-6-18(17)25-21/h2-3,5-8,13H,4,9-12H2,1H3,(H,24,25)(H,26,29). The van der Waals surface area contributed by atoms with Gasteiger partial charge in [-0.25, -0.2) is 4.98 Å². The highest BCUT2D eigenvalue weighted by Gasteiger charge is 2.24. The summed E-state index contributed by atoms with van der Waals surface area (Å²) in [5, 5.41) is 1.59.